The molecule has 2 amide bonds. The van der Waals surface area contributed by atoms with Gasteiger partial charge in [0.05, 0.1) is 48.8 Å². The Kier molecular flexibility index (Phi) is 6.86. The molecule has 9 nitrogen and oxygen atoms in total. The van der Waals surface area contributed by atoms with Crippen LogP contribution in [0.1, 0.15) is 33.1 Å². The summed E-state index contributed by atoms with van der Waals surface area (Å²) in [5.41, 5.74) is 4.38. The Hall–Kier alpha value is -3.53. The van der Waals surface area contributed by atoms with E-state index in [1.165, 1.54) is 11.1 Å². The molecule has 0 radical (unpaired) electrons. The Bertz CT molecular complexity index is 1310. The minimum Gasteiger partial charge on any atom is -0.394 e. The molecular weight excluding hydrogens is 482 g/mol. The number of nitrogens with zero attached hydrogens (tertiary/aromatic N) is 3. The average Bonchev–Trinajstić information content (AvgIpc) is 3.15. The highest BCUT2D eigenvalue weighted by atomic mass is 35.5. The smallest absolute Gasteiger partial charge is 0.254 e. The normalized spacial score (nSPS) is 15.9. The Morgan fingerprint density at radius 3 is 2.83 bits per heavy atom. The van der Waals surface area contributed by atoms with E-state index in [0.29, 0.717) is 47.6 Å². The number of benzene rings is 2. The van der Waals surface area contributed by atoms with Gasteiger partial charge in [-0.1, -0.05) is 53.6 Å². The van der Waals surface area contributed by atoms with E-state index in [2.05, 4.69) is 20.6 Å². The fourth-order valence-corrected chi connectivity index (χ4v) is 4.51. The van der Waals surface area contributed by atoms with Crippen LogP contribution in [0.15, 0.2) is 48.7 Å². The highest BCUT2D eigenvalue weighted by Crippen LogP contribution is 2.31. The first kappa shape index (κ1) is 24.2. The zero-order valence-electron chi connectivity index (χ0n) is 19.7. The number of ether oxygens (including phenoxy) is 1. The molecule has 3 heterocycles. The van der Waals surface area contributed by atoms with E-state index in [4.69, 9.17) is 16.3 Å². The van der Waals surface area contributed by atoms with Crippen LogP contribution >= 0.6 is 11.6 Å². The van der Waals surface area contributed by atoms with Crippen LogP contribution in [0.25, 0.3) is 11.3 Å². The van der Waals surface area contributed by atoms with E-state index in [9.17, 15) is 14.7 Å². The molecule has 0 unspecified atom stereocenters. The minimum atomic E-state index is -0.543. The van der Waals surface area contributed by atoms with E-state index in [-0.39, 0.29) is 31.0 Å². The Morgan fingerprint density at radius 1 is 1.28 bits per heavy atom. The Balaban J connectivity index is 1.28. The number of amides is 2. The van der Waals surface area contributed by atoms with Gasteiger partial charge in [-0.2, -0.15) is 0 Å². The number of hydrogen-bond donors (Lipinski definition) is 3. The molecule has 0 saturated carbocycles. The van der Waals surface area contributed by atoms with Gasteiger partial charge >= 0.3 is 0 Å². The number of hydrogen-bond acceptors (Lipinski definition) is 7. The van der Waals surface area contributed by atoms with Crippen molar-refractivity contribution in [2.24, 2.45) is 0 Å². The quantitative estimate of drug-likeness (QED) is 0.429. The second-order valence-electron chi connectivity index (χ2n) is 9.02. The predicted octanol–water partition coefficient (Wildman–Crippen LogP) is 2.72. The highest BCUT2D eigenvalue weighted by molar-refractivity contribution is 6.33. The predicted molar refractivity (Wildman–Crippen MR) is 135 cm³/mol. The summed E-state index contributed by atoms with van der Waals surface area (Å²) in [7, 11) is 0. The topological polar surface area (TPSA) is 117 Å². The monoisotopic (exact) mass is 507 g/mol. The number of fused-ring (bicyclic) bond motifs is 1. The van der Waals surface area contributed by atoms with E-state index in [1.807, 2.05) is 43.3 Å². The third-order valence-electron chi connectivity index (χ3n) is 6.27. The fraction of sp³-hybridized carbons (Fsp3) is 0.308. The first-order chi connectivity index (χ1) is 17.4. The van der Waals surface area contributed by atoms with Gasteiger partial charge in [0.1, 0.15) is 6.54 Å². The molecule has 10 heteroatoms. The number of nitrogens with one attached hydrogen (secondary N) is 2. The van der Waals surface area contributed by atoms with Gasteiger partial charge in [0.2, 0.25) is 11.9 Å². The molecule has 1 fully saturated rings. The molecule has 1 saturated heterocycles. The molecule has 2 aromatic carbocycles. The van der Waals surface area contributed by atoms with Crippen molar-refractivity contribution in [1.29, 1.82) is 0 Å². The SMILES string of the molecule is Cc1cccc([C@@H](CO)NC(=O)CN2Cc3ccc(-c4nc(NC5COC5)ncc4Cl)cc3C2=O)c1. The van der Waals surface area contributed by atoms with Crippen LogP contribution in [0.3, 0.4) is 0 Å². The molecule has 186 valence electrons. The minimum absolute atomic E-state index is 0.114. The van der Waals surface area contributed by atoms with Gasteiger partial charge in [-0.05, 0) is 24.1 Å². The van der Waals surface area contributed by atoms with Gasteiger partial charge < -0.3 is 25.4 Å². The van der Waals surface area contributed by atoms with Crippen LogP contribution in [0, 0.1) is 6.92 Å². The van der Waals surface area contributed by atoms with Crippen molar-refractivity contribution in [3.8, 4) is 11.3 Å². The van der Waals surface area contributed by atoms with Gasteiger partial charge in [0.25, 0.3) is 5.91 Å². The van der Waals surface area contributed by atoms with Crippen molar-refractivity contribution in [1.82, 2.24) is 20.2 Å². The molecule has 0 bridgehead atoms. The molecule has 1 aromatic heterocycles. The Morgan fingerprint density at radius 2 is 2.11 bits per heavy atom. The number of carbonyl (C=O) groups excluding carboxylic acids is 2. The van der Waals surface area contributed by atoms with Gasteiger partial charge in [-0.15, -0.1) is 0 Å². The van der Waals surface area contributed by atoms with Crippen molar-refractivity contribution >= 4 is 29.4 Å². The highest BCUT2D eigenvalue weighted by Gasteiger charge is 2.30. The molecule has 0 aliphatic carbocycles. The number of aryl methyl sites for hydroxylation is 1. The van der Waals surface area contributed by atoms with Crippen LogP contribution in [-0.2, 0) is 16.1 Å². The summed E-state index contributed by atoms with van der Waals surface area (Å²) in [6, 6.07) is 12.7. The largest absolute Gasteiger partial charge is 0.394 e. The summed E-state index contributed by atoms with van der Waals surface area (Å²) >= 11 is 6.38. The van der Waals surface area contributed by atoms with E-state index in [0.717, 1.165) is 16.7 Å². The van der Waals surface area contributed by atoms with Crippen molar-refractivity contribution < 1.29 is 19.4 Å². The lowest BCUT2D eigenvalue weighted by Gasteiger charge is -2.26. The zero-order valence-corrected chi connectivity index (χ0v) is 20.5. The van der Waals surface area contributed by atoms with Gasteiger partial charge in [-0.3, -0.25) is 9.59 Å². The molecule has 1 atom stereocenters. The van der Waals surface area contributed by atoms with Crippen molar-refractivity contribution in [3.63, 3.8) is 0 Å². The molecule has 2 aliphatic heterocycles. The maximum absolute atomic E-state index is 13.1. The molecule has 3 N–H and O–H groups in total. The first-order valence-electron chi connectivity index (χ1n) is 11.7. The number of carbonyl (C=O) groups is 2. The Labute approximate surface area is 213 Å². The number of aromatic nitrogens is 2. The number of rotatable bonds is 8. The first-order valence-corrected chi connectivity index (χ1v) is 12.0. The molecule has 0 spiro atoms. The standard InChI is InChI=1S/C26H26ClN5O4/c1-15-3-2-4-16(7-15)22(12-33)30-23(34)11-32-10-18-6-5-17(8-20(18)25(32)35)24-21(27)9-28-26(31-24)29-19-13-36-14-19/h2-9,19,22,33H,10-14H2,1H3,(H,30,34)(H,28,29,31)/t22-/m1/s1. The molecule has 36 heavy (non-hydrogen) atoms. The maximum Gasteiger partial charge on any atom is 0.254 e. The lowest BCUT2D eigenvalue weighted by Crippen LogP contribution is -2.40. The van der Waals surface area contributed by atoms with Crippen molar-refractivity contribution in [2.75, 3.05) is 31.7 Å². The second-order valence-corrected chi connectivity index (χ2v) is 9.43. The van der Waals surface area contributed by atoms with E-state index < -0.39 is 6.04 Å². The van der Waals surface area contributed by atoms with Crippen LogP contribution in [0.4, 0.5) is 5.95 Å². The third-order valence-corrected chi connectivity index (χ3v) is 6.55. The van der Waals surface area contributed by atoms with Crippen LogP contribution in [0.2, 0.25) is 5.02 Å². The van der Waals surface area contributed by atoms with Crippen LogP contribution in [-0.4, -0.2) is 64.2 Å². The third kappa shape index (κ3) is 5.04. The van der Waals surface area contributed by atoms with Crippen LogP contribution < -0.4 is 10.6 Å². The summed E-state index contributed by atoms with van der Waals surface area (Å²) in [4.78, 5) is 36.1. The molecule has 2 aliphatic rings. The number of anilines is 1. The van der Waals surface area contributed by atoms with Crippen molar-refractivity contribution in [2.45, 2.75) is 25.6 Å². The number of aliphatic hydroxyl groups is 1. The van der Waals surface area contributed by atoms with Crippen LogP contribution in [0.5, 0.6) is 0 Å². The van der Waals surface area contributed by atoms with E-state index in [1.54, 1.807) is 6.07 Å². The molecule has 5 rings (SSSR count). The lowest BCUT2D eigenvalue weighted by atomic mass is 10.0. The summed E-state index contributed by atoms with van der Waals surface area (Å²) in [5, 5.41) is 16.2. The summed E-state index contributed by atoms with van der Waals surface area (Å²) in [5.74, 6) is -0.139. The molecular formula is C26H26ClN5O4. The van der Waals surface area contributed by atoms with Crippen molar-refractivity contribution in [3.05, 3.63) is 75.9 Å². The van der Waals surface area contributed by atoms with E-state index >= 15 is 0 Å². The summed E-state index contributed by atoms with van der Waals surface area (Å²) in [6.45, 7) is 3.11. The fourth-order valence-electron chi connectivity index (χ4n) is 4.31. The lowest BCUT2D eigenvalue weighted by molar-refractivity contribution is -0.122. The van der Waals surface area contributed by atoms with Gasteiger partial charge in [0.15, 0.2) is 0 Å². The average molecular weight is 508 g/mol. The summed E-state index contributed by atoms with van der Waals surface area (Å²) < 4.78 is 5.17. The second kappa shape index (κ2) is 10.2. The number of aliphatic hydroxyl groups excluding tert-OH is 1. The summed E-state index contributed by atoms with van der Waals surface area (Å²) in [6.07, 6.45) is 1.53. The molecule has 3 aromatic rings. The maximum atomic E-state index is 13.1. The van der Waals surface area contributed by atoms with Gasteiger partial charge in [0, 0.05) is 17.7 Å². The number of halogens is 1. The van der Waals surface area contributed by atoms with Gasteiger partial charge in [-0.25, -0.2) is 9.97 Å². The zero-order chi connectivity index (χ0) is 25.2.